The van der Waals surface area contributed by atoms with Crippen LogP contribution in [0.5, 0.6) is 5.75 Å². The number of carbonyl (C=O) groups excluding carboxylic acids is 1. The van der Waals surface area contributed by atoms with Gasteiger partial charge in [-0.15, -0.1) is 0 Å². The molecule has 2 nitrogen and oxygen atoms in total. The highest BCUT2D eigenvalue weighted by atomic mass is 16.3. The number of benzene rings is 1. The Morgan fingerprint density at radius 3 is 2.37 bits per heavy atom. The van der Waals surface area contributed by atoms with E-state index in [9.17, 15) is 4.79 Å². The zero-order valence-electron chi connectivity index (χ0n) is 11.8. The average molecular weight is 260 g/mol. The van der Waals surface area contributed by atoms with Crippen LogP contribution in [0.25, 0.3) is 6.08 Å². The number of hydrogen-bond acceptors (Lipinski definition) is 2. The van der Waals surface area contributed by atoms with E-state index in [2.05, 4.69) is 6.92 Å². The summed E-state index contributed by atoms with van der Waals surface area (Å²) in [6.07, 6.45) is 11.3. The van der Waals surface area contributed by atoms with Gasteiger partial charge in [0.25, 0.3) is 0 Å². The molecule has 0 bridgehead atoms. The summed E-state index contributed by atoms with van der Waals surface area (Å²) in [5, 5.41) is 9.15. The Morgan fingerprint density at radius 1 is 1.05 bits per heavy atom. The summed E-state index contributed by atoms with van der Waals surface area (Å²) < 4.78 is 0. The first kappa shape index (κ1) is 15.5. The lowest BCUT2D eigenvalue weighted by Gasteiger charge is -1.98. The van der Waals surface area contributed by atoms with Gasteiger partial charge in [0.1, 0.15) is 5.75 Å². The number of carbonyl (C=O) groups is 1. The van der Waals surface area contributed by atoms with Crippen LogP contribution in [0.2, 0.25) is 0 Å². The maximum absolute atomic E-state index is 11.6. The number of ketones is 1. The molecule has 0 heterocycles. The summed E-state index contributed by atoms with van der Waals surface area (Å²) in [5.41, 5.74) is 0.939. The molecule has 1 aromatic rings. The summed E-state index contributed by atoms with van der Waals surface area (Å²) in [7, 11) is 0. The van der Waals surface area contributed by atoms with E-state index < -0.39 is 0 Å². The van der Waals surface area contributed by atoms with E-state index in [4.69, 9.17) is 5.11 Å². The van der Waals surface area contributed by atoms with Crippen molar-refractivity contribution in [2.75, 3.05) is 0 Å². The SMILES string of the molecule is CCCCCCCCC(=O)/C=C/c1ccc(O)cc1. The van der Waals surface area contributed by atoms with Crippen molar-refractivity contribution < 1.29 is 9.90 Å². The standard InChI is InChI=1S/C17H24O2/c1-2-3-4-5-6-7-8-16(18)12-9-15-10-13-17(19)14-11-15/h9-14,19H,2-8H2,1H3/b12-9+. The first-order valence-corrected chi connectivity index (χ1v) is 7.22. The topological polar surface area (TPSA) is 37.3 Å². The van der Waals surface area contributed by atoms with Crippen LogP contribution in [-0.2, 0) is 4.79 Å². The summed E-state index contributed by atoms with van der Waals surface area (Å²) in [6.45, 7) is 2.21. The van der Waals surface area contributed by atoms with Gasteiger partial charge in [0.15, 0.2) is 5.78 Å². The summed E-state index contributed by atoms with van der Waals surface area (Å²) in [5.74, 6) is 0.430. The Bertz CT molecular complexity index is 390. The van der Waals surface area contributed by atoms with Crippen molar-refractivity contribution in [3.05, 3.63) is 35.9 Å². The maximum Gasteiger partial charge on any atom is 0.155 e. The van der Waals surface area contributed by atoms with Crippen LogP contribution in [-0.4, -0.2) is 10.9 Å². The van der Waals surface area contributed by atoms with Crippen LogP contribution in [0, 0.1) is 0 Å². The largest absolute Gasteiger partial charge is 0.508 e. The Hall–Kier alpha value is -1.57. The molecule has 0 fully saturated rings. The van der Waals surface area contributed by atoms with E-state index in [0.29, 0.717) is 6.42 Å². The molecule has 1 rings (SSSR count). The fourth-order valence-electron chi connectivity index (χ4n) is 1.94. The quantitative estimate of drug-likeness (QED) is 0.515. The van der Waals surface area contributed by atoms with Gasteiger partial charge >= 0.3 is 0 Å². The number of phenolic OH excluding ortho intramolecular Hbond substituents is 1. The zero-order chi connectivity index (χ0) is 13.9. The minimum atomic E-state index is 0.184. The fourth-order valence-corrected chi connectivity index (χ4v) is 1.94. The third-order valence-corrected chi connectivity index (χ3v) is 3.13. The Kier molecular flexibility index (Phi) is 7.64. The van der Waals surface area contributed by atoms with Crippen molar-refractivity contribution >= 4 is 11.9 Å². The van der Waals surface area contributed by atoms with Crippen molar-refractivity contribution in [2.24, 2.45) is 0 Å². The molecule has 0 atom stereocenters. The molecule has 0 unspecified atom stereocenters. The monoisotopic (exact) mass is 260 g/mol. The van der Waals surface area contributed by atoms with E-state index in [1.807, 2.05) is 0 Å². The van der Waals surface area contributed by atoms with E-state index in [1.165, 1.54) is 25.7 Å². The van der Waals surface area contributed by atoms with Gasteiger partial charge in [-0.1, -0.05) is 57.2 Å². The molecule has 0 saturated carbocycles. The van der Waals surface area contributed by atoms with Crippen molar-refractivity contribution in [3.63, 3.8) is 0 Å². The zero-order valence-corrected chi connectivity index (χ0v) is 11.8. The van der Waals surface area contributed by atoms with Crippen LogP contribution >= 0.6 is 0 Å². The van der Waals surface area contributed by atoms with Crippen LogP contribution in [0.15, 0.2) is 30.3 Å². The Balaban J connectivity index is 2.18. The van der Waals surface area contributed by atoms with E-state index in [-0.39, 0.29) is 11.5 Å². The van der Waals surface area contributed by atoms with Crippen LogP contribution < -0.4 is 0 Å². The van der Waals surface area contributed by atoms with Crippen LogP contribution in [0.4, 0.5) is 0 Å². The smallest absolute Gasteiger partial charge is 0.155 e. The highest BCUT2D eigenvalue weighted by molar-refractivity contribution is 5.93. The molecule has 0 radical (unpaired) electrons. The Morgan fingerprint density at radius 2 is 1.68 bits per heavy atom. The number of phenols is 1. The van der Waals surface area contributed by atoms with Gasteiger partial charge in [-0.25, -0.2) is 0 Å². The molecule has 0 amide bonds. The normalized spacial score (nSPS) is 11.0. The van der Waals surface area contributed by atoms with Gasteiger partial charge in [0.2, 0.25) is 0 Å². The fraction of sp³-hybridized carbons (Fsp3) is 0.471. The third kappa shape index (κ3) is 7.45. The van der Waals surface area contributed by atoms with E-state index in [1.54, 1.807) is 36.4 Å². The summed E-state index contributed by atoms with van der Waals surface area (Å²) in [4.78, 5) is 11.6. The molecular weight excluding hydrogens is 236 g/mol. The minimum Gasteiger partial charge on any atom is -0.508 e. The van der Waals surface area contributed by atoms with Crippen molar-refractivity contribution in [3.8, 4) is 5.75 Å². The van der Waals surface area contributed by atoms with E-state index in [0.717, 1.165) is 18.4 Å². The summed E-state index contributed by atoms with van der Waals surface area (Å²) >= 11 is 0. The molecule has 0 aliphatic heterocycles. The van der Waals surface area contributed by atoms with Crippen LogP contribution in [0.3, 0.4) is 0 Å². The first-order valence-electron chi connectivity index (χ1n) is 7.22. The van der Waals surface area contributed by atoms with Gasteiger partial charge in [-0.2, -0.15) is 0 Å². The predicted octanol–water partition coefficient (Wildman–Crippen LogP) is 4.73. The number of unbranched alkanes of at least 4 members (excludes halogenated alkanes) is 5. The second-order valence-corrected chi connectivity index (χ2v) is 4.91. The number of hydrogen-bond donors (Lipinski definition) is 1. The van der Waals surface area contributed by atoms with Gasteiger partial charge in [-0.3, -0.25) is 4.79 Å². The minimum absolute atomic E-state index is 0.184. The van der Waals surface area contributed by atoms with Crippen LogP contribution in [0.1, 0.15) is 57.4 Å². The molecule has 19 heavy (non-hydrogen) atoms. The number of rotatable bonds is 9. The molecule has 1 N–H and O–H groups in total. The lowest BCUT2D eigenvalue weighted by molar-refractivity contribution is -0.114. The highest BCUT2D eigenvalue weighted by Gasteiger charge is 1.97. The molecular formula is C17H24O2. The lowest BCUT2D eigenvalue weighted by atomic mass is 10.1. The number of aromatic hydroxyl groups is 1. The summed E-state index contributed by atoms with van der Waals surface area (Å²) in [6, 6.07) is 6.84. The maximum atomic E-state index is 11.6. The second kappa shape index (κ2) is 9.37. The first-order chi connectivity index (χ1) is 9.22. The van der Waals surface area contributed by atoms with Crippen molar-refractivity contribution in [2.45, 2.75) is 51.9 Å². The second-order valence-electron chi connectivity index (χ2n) is 4.91. The average Bonchev–Trinajstić information content (AvgIpc) is 2.42. The molecule has 1 aromatic carbocycles. The Labute approximate surface area is 116 Å². The van der Waals surface area contributed by atoms with Crippen molar-refractivity contribution in [1.29, 1.82) is 0 Å². The molecule has 104 valence electrons. The molecule has 0 spiro atoms. The van der Waals surface area contributed by atoms with Gasteiger partial charge in [-0.05, 0) is 30.2 Å². The molecule has 2 heteroatoms. The van der Waals surface area contributed by atoms with E-state index >= 15 is 0 Å². The lowest BCUT2D eigenvalue weighted by Crippen LogP contribution is -1.92. The highest BCUT2D eigenvalue weighted by Crippen LogP contribution is 2.11. The van der Waals surface area contributed by atoms with Crippen molar-refractivity contribution in [1.82, 2.24) is 0 Å². The van der Waals surface area contributed by atoms with Gasteiger partial charge in [0, 0.05) is 6.42 Å². The predicted molar refractivity (Wildman–Crippen MR) is 80.1 cm³/mol. The van der Waals surface area contributed by atoms with Gasteiger partial charge in [0.05, 0.1) is 0 Å². The molecule has 0 aromatic heterocycles. The number of allylic oxidation sites excluding steroid dienone is 1. The molecule has 0 aliphatic rings. The molecule has 0 aliphatic carbocycles. The molecule has 0 saturated heterocycles. The van der Waals surface area contributed by atoms with Gasteiger partial charge < -0.3 is 5.11 Å². The third-order valence-electron chi connectivity index (χ3n) is 3.13.